The van der Waals surface area contributed by atoms with Crippen LogP contribution in [0.2, 0.25) is 15.3 Å². The van der Waals surface area contributed by atoms with Gasteiger partial charge in [-0.3, -0.25) is 62.4 Å². The Morgan fingerprint density at radius 2 is 0.845 bits per heavy atom. The number of imide groups is 3. The molecular formula is C105H124Cl3F4N9O21. The Kier molecular flexibility index (Phi) is 50.5. The maximum Gasteiger partial charge on any atom is 0.335 e. The summed E-state index contributed by atoms with van der Waals surface area (Å²) >= 11 is 17.5. The molecule has 12 rings (SSSR count). The lowest BCUT2D eigenvalue weighted by Crippen LogP contribution is -2.37. The SMILES string of the molecule is C=C=Nc1ccc(C(C)C)cc1.CC(C)C(=O)ON1C(=O)CC(C)C1=O.CC(C)C(=O)ON1C(=O)c2ccccc2C1=O.CC(C)Oc1ccc(C2C(=O)N=NC2=O)cc1.CC1=C(C)C(=O)N(C(C)C)C1=O.Cc1c(F)c(F)c(OC(=O)C(C)C)c(F)c1F.Cc1cc(Cl)c(OC(=O)C(C)C)c(Cl)c1.Cc1ccc(OC(=O)C(C)C)cc1.Cc1ccc(OC(=O)C(C)C)cc1.Cc1nc(Cl)nc(CC(C)C)n1. The van der Waals surface area contributed by atoms with Gasteiger partial charge in [-0.15, -0.1) is 15.3 Å². The van der Waals surface area contributed by atoms with Crippen LogP contribution in [0.1, 0.15) is 243 Å². The number of hydrogen-bond donors (Lipinski definition) is 0. The second kappa shape index (κ2) is 58.5. The quantitative estimate of drug-likeness (QED) is 0.0130. The minimum atomic E-state index is -1.71. The lowest BCUT2D eigenvalue weighted by atomic mass is 9.99. The van der Waals surface area contributed by atoms with Crippen LogP contribution in [0, 0.1) is 105 Å². The molecule has 0 bridgehead atoms. The average Bonchev–Trinajstić information content (AvgIpc) is 1.59. The van der Waals surface area contributed by atoms with Gasteiger partial charge in [0.1, 0.15) is 34.8 Å². The topological polar surface area (TPSA) is 389 Å². The smallest absolute Gasteiger partial charge is 0.335 e. The predicted molar refractivity (Wildman–Crippen MR) is 527 cm³/mol. The molecule has 30 nitrogen and oxygen atoms in total. The lowest BCUT2D eigenvalue weighted by Gasteiger charge is -2.18. The number of carbonyl (C=O) groups is 14. The minimum Gasteiger partial charge on any atom is -0.491 e. The molecule has 0 aliphatic carbocycles. The van der Waals surface area contributed by atoms with Gasteiger partial charge in [-0.1, -0.05) is 218 Å². The van der Waals surface area contributed by atoms with Crippen molar-refractivity contribution in [3.8, 4) is 28.7 Å². The fourth-order valence-electron chi connectivity index (χ4n) is 11.0. The van der Waals surface area contributed by atoms with E-state index in [1.807, 2.05) is 119 Å². The Bertz CT molecular complexity index is 5710. The zero-order valence-corrected chi connectivity index (χ0v) is 87.3. The first-order valence-corrected chi connectivity index (χ1v) is 46.4. The molecule has 1 atom stereocenters. The van der Waals surface area contributed by atoms with E-state index >= 15 is 0 Å². The Morgan fingerprint density at radius 1 is 0.458 bits per heavy atom. The molecule has 142 heavy (non-hydrogen) atoms. The third kappa shape index (κ3) is 39.1. The number of fused-ring (bicyclic) bond motifs is 1. The van der Waals surface area contributed by atoms with Crippen LogP contribution in [0.5, 0.6) is 28.7 Å². The maximum absolute atomic E-state index is 13.3. The molecular weight excluding hydrogens is 1910 g/mol. The van der Waals surface area contributed by atoms with Crippen LogP contribution < -0.4 is 23.7 Å². The highest BCUT2D eigenvalue weighted by Gasteiger charge is 2.41. The largest absolute Gasteiger partial charge is 0.491 e. The van der Waals surface area contributed by atoms with E-state index in [0.717, 1.165) is 41.5 Å². The van der Waals surface area contributed by atoms with E-state index in [1.165, 1.54) is 36.4 Å². The second-order valence-electron chi connectivity index (χ2n) is 35.5. The van der Waals surface area contributed by atoms with Crippen molar-refractivity contribution in [2.45, 2.75) is 231 Å². The van der Waals surface area contributed by atoms with Gasteiger partial charge in [-0.05, 0) is 202 Å². The summed E-state index contributed by atoms with van der Waals surface area (Å²) in [6.07, 6.45) is 1.05. The average molecular weight is 2030 g/mol. The Hall–Kier alpha value is -13.7. The molecule has 4 aliphatic rings. The summed E-state index contributed by atoms with van der Waals surface area (Å²) in [6.45, 7) is 53.2. The molecule has 1 aromatic heterocycles. The normalized spacial score (nSPS) is 13.3. The number of esters is 4. The number of aryl methyl sites for hydroxylation is 4. The zero-order valence-electron chi connectivity index (χ0n) is 85.0. The van der Waals surface area contributed by atoms with Crippen LogP contribution in [0.4, 0.5) is 23.2 Å². The number of aromatic nitrogens is 3. The molecule has 4 aliphatic heterocycles. The molecule has 8 aromatic rings. The van der Waals surface area contributed by atoms with E-state index in [9.17, 15) is 84.7 Å². The van der Waals surface area contributed by atoms with E-state index in [-0.39, 0.29) is 100 Å². The summed E-state index contributed by atoms with van der Waals surface area (Å²) in [7, 11) is 0. The number of halogens is 7. The first-order valence-electron chi connectivity index (χ1n) is 45.3. The number of hydrogen-bond acceptors (Lipinski definition) is 25. The van der Waals surface area contributed by atoms with Gasteiger partial charge in [0.2, 0.25) is 22.7 Å². The van der Waals surface area contributed by atoms with Crippen molar-refractivity contribution >= 4 is 129 Å². The number of azo groups is 1. The standard InChI is InChI=1S/C12H12N2O3.C12H11NO4.C11H12Cl2O2.C11H10F4O2.C11H13N.2C11H14O2.C9H13NO4.C9H13NO2.C8H12ClN3/c1-7(2)17-9-5-3-8(4-6-9)10-11(15)13-14-12(10)16;1-7(2)12(16)17-13-10(14)8-5-3-4-6-9(8)11(13)15;1-6(2)11(14)15-10-8(12)4-7(3)5-9(10)13;1-4(2)11(16)17-10-8(14)6(12)5(3)7(13)9(10)15;1-4-12-11-7-5-10(6-8-11)9(2)3;2*1-8(2)11(12)13-10-6-4-9(3)5-7-10;1-5(2)9(13)14-10-7(11)4-6(3)8(10)12;1-5(2)10-8(11)6(3)7(4)9(10)12;1-5(2)4-7-10-6(3)11-8(9)12-7/h3-7,10H,1-2H3;3-7H,1-2H3;4-6H,1-3H3;4H,1-3H3;5-9H,1H2,2-3H3;2*4-8H,1-3H3;5-6H,4H2,1-3H3;5H,1-4H3;5H,4H2,1-3H3. The van der Waals surface area contributed by atoms with Crippen LogP contribution in [0.25, 0.3) is 0 Å². The molecule has 5 heterocycles. The second-order valence-corrected chi connectivity index (χ2v) is 36.6. The highest BCUT2D eigenvalue weighted by atomic mass is 35.5. The van der Waals surface area contributed by atoms with Crippen molar-refractivity contribution in [1.82, 2.24) is 30.0 Å². The fraction of sp³-hybridized carbons (Fsp3) is 0.400. The molecule has 0 N–H and O–H groups in total. The molecule has 8 amide bonds. The summed E-state index contributed by atoms with van der Waals surface area (Å²) in [5.74, 6) is -10.00. The Morgan fingerprint density at radius 3 is 1.19 bits per heavy atom. The summed E-state index contributed by atoms with van der Waals surface area (Å²) in [5.41, 5.74) is 6.95. The first kappa shape index (κ1) is 122. The van der Waals surface area contributed by atoms with Crippen molar-refractivity contribution in [3.05, 3.63) is 246 Å². The van der Waals surface area contributed by atoms with Crippen molar-refractivity contribution in [2.75, 3.05) is 0 Å². The highest BCUT2D eigenvalue weighted by Crippen LogP contribution is 2.36. The van der Waals surface area contributed by atoms with Gasteiger partial charge in [-0.2, -0.15) is 8.78 Å². The summed E-state index contributed by atoms with van der Waals surface area (Å²) in [4.78, 5) is 186. The molecule has 0 radical (unpaired) electrons. The molecule has 764 valence electrons. The number of amides is 8. The molecule has 37 heteroatoms. The monoisotopic (exact) mass is 2030 g/mol. The van der Waals surface area contributed by atoms with Gasteiger partial charge in [0.15, 0.2) is 17.4 Å². The van der Waals surface area contributed by atoms with Gasteiger partial charge in [0, 0.05) is 41.5 Å². The molecule has 1 unspecified atom stereocenters. The Balaban J connectivity index is 0.000000407. The first-order chi connectivity index (χ1) is 66.2. The minimum absolute atomic E-state index is 0.0441. The number of rotatable bonds is 20. The molecule has 7 aromatic carbocycles. The van der Waals surface area contributed by atoms with Gasteiger partial charge >= 0.3 is 35.8 Å². The van der Waals surface area contributed by atoms with E-state index in [4.69, 9.17) is 58.6 Å². The van der Waals surface area contributed by atoms with E-state index in [0.29, 0.717) is 71.8 Å². The molecule has 1 fully saturated rings. The maximum atomic E-state index is 13.3. The number of carbonyl (C=O) groups excluding carboxylic acids is 14. The van der Waals surface area contributed by atoms with Gasteiger partial charge in [-0.25, -0.2) is 38.3 Å². The molecule has 1 saturated heterocycles. The number of benzene rings is 7. The van der Waals surface area contributed by atoms with E-state index < -0.39 is 106 Å². The lowest BCUT2D eigenvalue weighted by molar-refractivity contribution is -0.200. The van der Waals surface area contributed by atoms with E-state index in [1.54, 1.807) is 135 Å². The number of hydroxylamine groups is 4. The number of ether oxygens (including phenoxy) is 5. The highest BCUT2D eigenvalue weighted by molar-refractivity contribution is 6.37. The third-order valence-corrected chi connectivity index (χ3v) is 20.1. The molecule has 0 spiro atoms. The summed E-state index contributed by atoms with van der Waals surface area (Å²) in [5, 5.41) is 8.60. The number of aliphatic imine (C=N–C) groups is 1. The summed E-state index contributed by atoms with van der Waals surface area (Å²) < 4.78 is 77.8. The van der Waals surface area contributed by atoms with Gasteiger partial charge < -0.3 is 33.4 Å². The predicted octanol–water partition coefficient (Wildman–Crippen LogP) is 22.5. The van der Waals surface area contributed by atoms with Crippen LogP contribution >= 0.6 is 34.8 Å². The van der Waals surface area contributed by atoms with Crippen molar-refractivity contribution in [2.24, 2.45) is 62.6 Å². The zero-order chi connectivity index (χ0) is 108. The van der Waals surface area contributed by atoms with Crippen LogP contribution in [-0.4, -0.2) is 131 Å². The summed E-state index contributed by atoms with van der Waals surface area (Å²) in [6, 6.07) is 39.6. The number of nitrogens with zero attached hydrogens (tertiary/aromatic N) is 9. The van der Waals surface area contributed by atoms with Crippen molar-refractivity contribution in [3.63, 3.8) is 0 Å². The fourth-order valence-corrected chi connectivity index (χ4v) is 11.9. The Labute approximate surface area is 840 Å². The van der Waals surface area contributed by atoms with Crippen LogP contribution in [-0.2, 0) is 73.6 Å². The van der Waals surface area contributed by atoms with Crippen LogP contribution in [0.15, 0.2) is 166 Å². The van der Waals surface area contributed by atoms with Crippen LogP contribution in [0.3, 0.4) is 0 Å². The van der Waals surface area contributed by atoms with Crippen molar-refractivity contribution < 1.29 is 118 Å². The van der Waals surface area contributed by atoms with Gasteiger partial charge in [0.05, 0.1) is 68.5 Å². The van der Waals surface area contributed by atoms with Crippen molar-refractivity contribution in [1.29, 1.82) is 0 Å². The third-order valence-electron chi connectivity index (χ3n) is 19.4. The van der Waals surface area contributed by atoms with E-state index in [2.05, 4.69) is 92.0 Å². The molecule has 0 saturated carbocycles. The van der Waals surface area contributed by atoms with Gasteiger partial charge in [0.25, 0.3) is 47.3 Å².